The normalized spacial score (nSPS) is 10.4. The van der Waals surface area contributed by atoms with E-state index in [0.29, 0.717) is 6.61 Å². The molecule has 4 nitrogen and oxygen atoms in total. The van der Waals surface area contributed by atoms with Crippen molar-refractivity contribution in [3.8, 4) is 11.5 Å². The Morgan fingerprint density at radius 3 is 2.57 bits per heavy atom. The lowest BCUT2D eigenvalue weighted by Crippen LogP contribution is -2.13. The Morgan fingerprint density at radius 2 is 1.90 bits per heavy atom. The number of nitrogens with zero attached hydrogens (tertiary/aromatic N) is 1. The van der Waals surface area contributed by atoms with Gasteiger partial charge in [0.25, 0.3) is 0 Å². The molecule has 2 aromatic rings. The van der Waals surface area contributed by atoms with Gasteiger partial charge in [-0.2, -0.15) is 0 Å². The Kier molecular flexibility index (Phi) is 6.02. The number of methoxy groups -OCH3 is 1. The van der Waals surface area contributed by atoms with Crippen LogP contribution in [0.1, 0.15) is 18.1 Å². The van der Waals surface area contributed by atoms with Crippen molar-refractivity contribution in [1.82, 2.24) is 10.3 Å². The molecule has 0 radical (unpaired) electrons. The lowest BCUT2D eigenvalue weighted by Gasteiger charge is -2.13. The largest absolute Gasteiger partial charge is 0.493 e. The molecule has 0 unspecified atom stereocenters. The van der Waals surface area contributed by atoms with E-state index >= 15 is 0 Å². The van der Waals surface area contributed by atoms with E-state index in [-0.39, 0.29) is 0 Å². The summed E-state index contributed by atoms with van der Waals surface area (Å²) in [7, 11) is 1.65. The molecule has 0 spiro atoms. The predicted octanol–water partition coefficient (Wildman–Crippen LogP) is 3.54. The highest BCUT2D eigenvalue weighted by Gasteiger charge is 2.09. The van der Waals surface area contributed by atoms with Gasteiger partial charge in [0.05, 0.1) is 13.7 Å². The van der Waals surface area contributed by atoms with Gasteiger partial charge in [0.1, 0.15) is 0 Å². The van der Waals surface area contributed by atoms with E-state index in [9.17, 15) is 0 Å². The Bertz CT molecular complexity index is 576. The molecular formula is C16H19BrN2O2. The van der Waals surface area contributed by atoms with Crippen LogP contribution in [0.4, 0.5) is 0 Å². The zero-order valence-electron chi connectivity index (χ0n) is 12.2. The van der Waals surface area contributed by atoms with Crippen LogP contribution in [0, 0.1) is 0 Å². The van der Waals surface area contributed by atoms with Gasteiger partial charge in [0, 0.05) is 30.0 Å². The van der Waals surface area contributed by atoms with E-state index in [1.165, 1.54) is 5.56 Å². The smallest absolute Gasteiger partial charge is 0.162 e. The molecular weight excluding hydrogens is 332 g/mol. The number of benzene rings is 1. The number of pyridine rings is 1. The third-order valence-electron chi connectivity index (χ3n) is 3.03. The van der Waals surface area contributed by atoms with E-state index in [0.717, 1.165) is 34.6 Å². The fourth-order valence-corrected chi connectivity index (χ4v) is 2.45. The first-order chi connectivity index (χ1) is 10.2. The van der Waals surface area contributed by atoms with E-state index in [1.807, 2.05) is 31.2 Å². The number of halogens is 1. The molecule has 1 aromatic carbocycles. The number of ether oxygens (including phenoxy) is 2. The summed E-state index contributed by atoms with van der Waals surface area (Å²) in [6.07, 6.45) is 3.60. The lowest BCUT2D eigenvalue weighted by molar-refractivity contribution is 0.310. The maximum absolute atomic E-state index is 5.56. The molecule has 112 valence electrons. The van der Waals surface area contributed by atoms with Crippen LogP contribution in [0.15, 0.2) is 41.1 Å². The summed E-state index contributed by atoms with van der Waals surface area (Å²) in [5.41, 5.74) is 2.34. The van der Waals surface area contributed by atoms with Gasteiger partial charge in [0.2, 0.25) is 0 Å². The SMILES string of the molecule is CCOc1cc(Br)c(CNCc2ccncc2)cc1OC. The number of aromatic nitrogens is 1. The van der Waals surface area contributed by atoms with Crippen molar-refractivity contribution in [2.24, 2.45) is 0 Å². The maximum Gasteiger partial charge on any atom is 0.162 e. The zero-order valence-corrected chi connectivity index (χ0v) is 13.8. The van der Waals surface area contributed by atoms with Crippen LogP contribution in [-0.2, 0) is 13.1 Å². The molecule has 0 fully saturated rings. The maximum atomic E-state index is 5.56. The minimum Gasteiger partial charge on any atom is -0.493 e. The van der Waals surface area contributed by atoms with Crippen LogP contribution >= 0.6 is 15.9 Å². The number of hydrogen-bond donors (Lipinski definition) is 1. The van der Waals surface area contributed by atoms with Crippen LogP contribution in [0.5, 0.6) is 11.5 Å². The van der Waals surface area contributed by atoms with Gasteiger partial charge in [-0.15, -0.1) is 0 Å². The molecule has 0 aliphatic rings. The molecule has 0 aliphatic heterocycles. The molecule has 21 heavy (non-hydrogen) atoms. The highest BCUT2D eigenvalue weighted by atomic mass is 79.9. The zero-order chi connectivity index (χ0) is 15.1. The van der Waals surface area contributed by atoms with Crippen LogP contribution in [0.25, 0.3) is 0 Å². The standard InChI is InChI=1S/C16H19BrN2O2/c1-3-21-16-9-14(17)13(8-15(16)20-2)11-19-10-12-4-6-18-7-5-12/h4-9,19H,3,10-11H2,1-2H3. The van der Waals surface area contributed by atoms with Crippen LogP contribution in [0.3, 0.4) is 0 Å². The van der Waals surface area contributed by atoms with Gasteiger partial charge in [-0.25, -0.2) is 0 Å². The van der Waals surface area contributed by atoms with Gasteiger partial charge in [-0.05, 0) is 42.3 Å². The van der Waals surface area contributed by atoms with Gasteiger partial charge >= 0.3 is 0 Å². The van der Waals surface area contributed by atoms with Crippen molar-refractivity contribution in [1.29, 1.82) is 0 Å². The van der Waals surface area contributed by atoms with Crippen LogP contribution < -0.4 is 14.8 Å². The van der Waals surface area contributed by atoms with Crippen molar-refractivity contribution in [2.75, 3.05) is 13.7 Å². The number of rotatable bonds is 7. The van der Waals surface area contributed by atoms with Crippen molar-refractivity contribution in [3.63, 3.8) is 0 Å². The van der Waals surface area contributed by atoms with Gasteiger partial charge in [-0.1, -0.05) is 15.9 Å². The summed E-state index contributed by atoms with van der Waals surface area (Å²) in [6.45, 7) is 4.11. The quantitative estimate of drug-likeness (QED) is 0.829. The van der Waals surface area contributed by atoms with E-state index < -0.39 is 0 Å². The molecule has 0 bridgehead atoms. The second-order valence-electron chi connectivity index (χ2n) is 4.49. The summed E-state index contributed by atoms with van der Waals surface area (Å²) in [5.74, 6) is 1.51. The molecule has 1 heterocycles. The van der Waals surface area contributed by atoms with Gasteiger partial charge in [0.15, 0.2) is 11.5 Å². The third-order valence-corrected chi connectivity index (χ3v) is 3.76. The van der Waals surface area contributed by atoms with E-state index in [2.05, 4.69) is 26.2 Å². The molecule has 1 N–H and O–H groups in total. The molecule has 0 aliphatic carbocycles. The van der Waals surface area contributed by atoms with Gasteiger partial charge < -0.3 is 14.8 Å². The van der Waals surface area contributed by atoms with Crippen molar-refractivity contribution < 1.29 is 9.47 Å². The van der Waals surface area contributed by atoms with E-state index in [1.54, 1.807) is 19.5 Å². The van der Waals surface area contributed by atoms with Crippen molar-refractivity contribution >= 4 is 15.9 Å². The average molecular weight is 351 g/mol. The second kappa shape index (κ2) is 8.00. The molecule has 0 atom stereocenters. The lowest BCUT2D eigenvalue weighted by atomic mass is 10.2. The Morgan fingerprint density at radius 1 is 1.14 bits per heavy atom. The molecule has 1 aromatic heterocycles. The summed E-state index contributed by atoms with van der Waals surface area (Å²) < 4.78 is 11.9. The van der Waals surface area contributed by atoms with Crippen LogP contribution in [-0.4, -0.2) is 18.7 Å². The first-order valence-electron chi connectivity index (χ1n) is 6.83. The third kappa shape index (κ3) is 4.44. The fraction of sp³-hybridized carbons (Fsp3) is 0.312. The number of nitrogens with one attached hydrogen (secondary N) is 1. The number of hydrogen-bond acceptors (Lipinski definition) is 4. The van der Waals surface area contributed by atoms with Crippen molar-refractivity contribution in [3.05, 3.63) is 52.3 Å². The highest BCUT2D eigenvalue weighted by molar-refractivity contribution is 9.10. The molecule has 0 saturated heterocycles. The molecule has 2 rings (SSSR count). The summed E-state index contributed by atoms with van der Waals surface area (Å²) in [6, 6.07) is 7.95. The van der Waals surface area contributed by atoms with Crippen LogP contribution in [0.2, 0.25) is 0 Å². The molecule has 0 saturated carbocycles. The first-order valence-corrected chi connectivity index (χ1v) is 7.62. The average Bonchev–Trinajstić information content (AvgIpc) is 2.51. The topological polar surface area (TPSA) is 43.4 Å². The molecule has 0 amide bonds. The van der Waals surface area contributed by atoms with E-state index in [4.69, 9.17) is 9.47 Å². The minimum atomic E-state index is 0.614. The summed E-state index contributed by atoms with van der Waals surface area (Å²) in [5, 5.41) is 3.41. The summed E-state index contributed by atoms with van der Waals surface area (Å²) >= 11 is 3.58. The molecule has 5 heteroatoms. The highest BCUT2D eigenvalue weighted by Crippen LogP contribution is 2.33. The summed E-state index contributed by atoms with van der Waals surface area (Å²) in [4.78, 5) is 4.01. The Balaban J connectivity index is 2.02. The van der Waals surface area contributed by atoms with Gasteiger partial charge in [-0.3, -0.25) is 4.98 Å². The predicted molar refractivity (Wildman–Crippen MR) is 86.6 cm³/mol. The monoisotopic (exact) mass is 350 g/mol. The minimum absolute atomic E-state index is 0.614. The Hall–Kier alpha value is -1.59. The Labute approximate surface area is 133 Å². The fourth-order valence-electron chi connectivity index (χ4n) is 1.98. The first kappa shape index (κ1) is 15.8. The second-order valence-corrected chi connectivity index (χ2v) is 5.34. The van der Waals surface area contributed by atoms with Crippen molar-refractivity contribution in [2.45, 2.75) is 20.0 Å².